The Balaban J connectivity index is 0.000000321. The maximum Gasteiger partial charge on any atom is 0.151 e. The van der Waals surface area contributed by atoms with Crippen molar-refractivity contribution in [3.63, 3.8) is 0 Å². The van der Waals surface area contributed by atoms with Crippen LogP contribution in [0, 0.1) is 0 Å². The predicted molar refractivity (Wildman–Crippen MR) is 87.8 cm³/mol. The predicted octanol–water partition coefficient (Wildman–Crippen LogP) is 0.800. The Labute approximate surface area is 127 Å². The molecule has 1 fully saturated rings. The Morgan fingerprint density at radius 2 is 1.61 bits per heavy atom. The first-order valence-electron chi connectivity index (χ1n) is 5.28. The zero-order valence-corrected chi connectivity index (χ0v) is 13.9. The lowest BCUT2D eigenvalue weighted by molar-refractivity contribution is -0.121. The molecule has 1 saturated heterocycles. The van der Waals surface area contributed by atoms with E-state index in [2.05, 4.69) is 25.3 Å². The van der Waals surface area contributed by atoms with Crippen molar-refractivity contribution in [2.24, 2.45) is 11.5 Å². The van der Waals surface area contributed by atoms with Gasteiger partial charge < -0.3 is 11.5 Å². The molecule has 0 atom stereocenters. The van der Waals surface area contributed by atoms with Crippen LogP contribution < -0.4 is 11.5 Å². The van der Waals surface area contributed by atoms with Crippen LogP contribution in [0.15, 0.2) is 0 Å². The van der Waals surface area contributed by atoms with Crippen LogP contribution in [0.1, 0.15) is 13.8 Å². The van der Waals surface area contributed by atoms with Gasteiger partial charge in [-0.2, -0.15) is 25.3 Å². The molecule has 0 spiro atoms. The van der Waals surface area contributed by atoms with Crippen molar-refractivity contribution in [2.75, 3.05) is 23.0 Å². The number of nitrogens with two attached hydrogens (primary N) is 2. The van der Waals surface area contributed by atoms with Gasteiger partial charge in [0.15, 0.2) is 11.6 Å². The largest absolute Gasteiger partial charge is 0.318 e. The third-order valence-electron chi connectivity index (χ3n) is 2.68. The lowest BCUT2D eigenvalue weighted by atomic mass is 10.0. The fourth-order valence-corrected chi connectivity index (χ4v) is 4.75. The Bertz CT molecular complexity index is 288. The van der Waals surface area contributed by atoms with Crippen molar-refractivity contribution in [3.05, 3.63) is 0 Å². The van der Waals surface area contributed by atoms with Crippen molar-refractivity contribution in [1.82, 2.24) is 0 Å². The van der Waals surface area contributed by atoms with Crippen molar-refractivity contribution < 1.29 is 9.59 Å². The minimum atomic E-state index is -0.827. The quantitative estimate of drug-likeness (QED) is 0.451. The van der Waals surface area contributed by atoms with Gasteiger partial charge in [0.1, 0.15) is 0 Å². The second-order valence-electron chi connectivity index (χ2n) is 4.27. The van der Waals surface area contributed by atoms with E-state index >= 15 is 0 Å². The second kappa shape index (κ2) is 8.06. The van der Waals surface area contributed by atoms with Crippen molar-refractivity contribution in [1.29, 1.82) is 0 Å². The summed E-state index contributed by atoms with van der Waals surface area (Å²) in [5.41, 5.74) is 9.90. The van der Waals surface area contributed by atoms with Gasteiger partial charge >= 0.3 is 0 Å². The van der Waals surface area contributed by atoms with E-state index in [1.54, 1.807) is 28.5 Å². The molecule has 1 rings (SSSR count). The smallest absolute Gasteiger partial charge is 0.151 e. The number of rotatable bonds is 4. The summed E-state index contributed by atoms with van der Waals surface area (Å²) < 4.78 is 0. The molecule has 106 valence electrons. The highest BCUT2D eigenvalue weighted by molar-refractivity contribution is 8.77. The van der Waals surface area contributed by atoms with Crippen LogP contribution in [0.2, 0.25) is 0 Å². The zero-order valence-electron chi connectivity index (χ0n) is 10.5. The number of thiol groups is 2. The molecule has 0 saturated carbocycles. The Morgan fingerprint density at radius 1 is 1.22 bits per heavy atom. The standard InChI is InChI=1S/C5H9NOS2.C5H11NOS2/c1-4(7)5(6)2-8-9-3-5;1-4(7)5(6,2-8)3-9/h2-3,6H2,1H3;8-9H,2-3,6H2,1H3. The van der Waals surface area contributed by atoms with Gasteiger partial charge in [-0.1, -0.05) is 21.6 Å². The van der Waals surface area contributed by atoms with E-state index < -0.39 is 11.1 Å². The minimum absolute atomic E-state index is 0.0625. The topological polar surface area (TPSA) is 86.2 Å². The van der Waals surface area contributed by atoms with E-state index in [0.29, 0.717) is 11.5 Å². The molecular weight excluding hydrogens is 308 g/mol. The van der Waals surface area contributed by atoms with Crippen LogP contribution >= 0.6 is 46.8 Å². The molecule has 0 radical (unpaired) electrons. The summed E-state index contributed by atoms with van der Waals surface area (Å²) in [4.78, 5) is 21.5. The molecule has 0 aromatic carbocycles. The summed E-state index contributed by atoms with van der Waals surface area (Å²) in [7, 11) is 3.36. The molecule has 1 aliphatic heterocycles. The first-order chi connectivity index (χ1) is 8.22. The lowest BCUT2D eigenvalue weighted by Gasteiger charge is -2.20. The molecule has 0 bridgehead atoms. The SMILES string of the molecule is CC(=O)C(N)(CS)CS.CC(=O)C1(N)CSSC1. The van der Waals surface area contributed by atoms with Gasteiger partial charge in [-0.3, -0.25) is 9.59 Å². The number of Topliss-reactive ketones (excluding diaryl/α,β-unsaturated/α-hetero) is 2. The Morgan fingerprint density at radius 3 is 1.72 bits per heavy atom. The maximum atomic E-state index is 10.8. The number of hydrogen-bond acceptors (Lipinski definition) is 8. The van der Waals surface area contributed by atoms with Gasteiger partial charge in [0.25, 0.3) is 0 Å². The minimum Gasteiger partial charge on any atom is -0.318 e. The molecule has 1 aliphatic rings. The summed E-state index contributed by atoms with van der Waals surface area (Å²) in [6.07, 6.45) is 0. The summed E-state index contributed by atoms with van der Waals surface area (Å²) >= 11 is 7.85. The Hall–Kier alpha value is 0.660. The molecule has 0 aliphatic carbocycles. The van der Waals surface area contributed by atoms with Gasteiger partial charge in [-0.15, -0.1) is 0 Å². The zero-order chi connectivity index (χ0) is 14.4. The molecule has 4 N–H and O–H groups in total. The van der Waals surface area contributed by atoms with E-state index in [0.717, 1.165) is 11.5 Å². The number of hydrogen-bond donors (Lipinski definition) is 4. The average molecular weight is 329 g/mol. The monoisotopic (exact) mass is 328 g/mol. The number of carbonyl (C=O) groups is 2. The fourth-order valence-electron chi connectivity index (χ4n) is 0.811. The maximum absolute atomic E-state index is 10.8. The van der Waals surface area contributed by atoms with Crippen LogP contribution in [0.5, 0.6) is 0 Å². The molecule has 4 nitrogen and oxygen atoms in total. The average Bonchev–Trinajstić information content (AvgIpc) is 2.77. The molecule has 1 heterocycles. The van der Waals surface area contributed by atoms with Crippen LogP contribution in [-0.2, 0) is 9.59 Å². The molecule has 0 aromatic rings. The Kier molecular flexibility index (Phi) is 8.36. The third-order valence-corrected chi connectivity index (χ3v) is 6.45. The molecular formula is C10H20N2O2S4. The van der Waals surface area contributed by atoms with E-state index in [1.165, 1.54) is 6.92 Å². The summed E-state index contributed by atoms with van der Waals surface area (Å²) in [5, 5.41) is 0. The second-order valence-corrected chi connectivity index (χ2v) is 7.36. The van der Waals surface area contributed by atoms with Crippen molar-refractivity contribution in [2.45, 2.75) is 24.9 Å². The summed E-state index contributed by atoms with van der Waals surface area (Å²) in [5.74, 6) is 2.30. The summed E-state index contributed by atoms with van der Waals surface area (Å²) in [6.45, 7) is 3.01. The van der Waals surface area contributed by atoms with Crippen LogP contribution in [0.4, 0.5) is 0 Å². The summed E-state index contributed by atoms with van der Waals surface area (Å²) in [6, 6.07) is 0. The molecule has 18 heavy (non-hydrogen) atoms. The van der Waals surface area contributed by atoms with Crippen LogP contribution in [0.25, 0.3) is 0 Å². The molecule has 0 amide bonds. The van der Waals surface area contributed by atoms with Gasteiger partial charge in [-0.25, -0.2) is 0 Å². The first-order valence-corrected chi connectivity index (χ1v) is 9.03. The fraction of sp³-hybridized carbons (Fsp3) is 0.800. The lowest BCUT2D eigenvalue weighted by Crippen LogP contribution is -2.50. The number of carbonyl (C=O) groups excluding carboxylic acids is 2. The number of ketones is 2. The van der Waals surface area contributed by atoms with E-state index in [9.17, 15) is 9.59 Å². The van der Waals surface area contributed by atoms with E-state index in [1.807, 2.05) is 0 Å². The van der Waals surface area contributed by atoms with Gasteiger partial charge in [0.05, 0.1) is 11.1 Å². The third kappa shape index (κ3) is 5.34. The molecule has 0 aromatic heterocycles. The highest BCUT2D eigenvalue weighted by atomic mass is 33.1. The van der Waals surface area contributed by atoms with Gasteiger partial charge in [0.2, 0.25) is 0 Å². The van der Waals surface area contributed by atoms with Crippen LogP contribution in [0.3, 0.4) is 0 Å². The van der Waals surface area contributed by atoms with Crippen LogP contribution in [-0.4, -0.2) is 45.7 Å². The molecule has 0 unspecified atom stereocenters. The van der Waals surface area contributed by atoms with Crippen molar-refractivity contribution in [3.8, 4) is 0 Å². The highest BCUT2D eigenvalue weighted by Gasteiger charge is 2.35. The normalized spacial score (nSPS) is 17.9. The first kappa shape index (κ1) is 18.7. The van der Waals surface area contributed by atoms with E-state index in [-0.39, 0.29) is 11.6 Å². The van der Waals surface area contributed by atoms with Crippen molar-refractivity contribution >= 4 is 58.4 Å². The van der Waals surface area contributed by atoms with E-state index in [4.69, 9.17) is 11.5 Å². The van der Waals surface area contributed by atoms with Gasteiger partial charge in [-0.05, 0) is 13.8 Å². The molecule has 8 heteroatoms. The van der Waals surface area contributed by atoms with Gasteiger partial charge in [0, 0.05) is 23.0 Å². The highest BCUT2D eigenvalue weighted by Crippen LogP contribution is 2.36.